The maximum atomic E-state index is 4.94. The van der Waals surface area contributed by atoms with E-state index in [4.69, 9.17) is 4.74 Å². The second kappa shape index (κ2) is 26.2. The van der Waals surface area contributed by atoms with Crippen molar-refractivity contribution in [3.8, 4) is 0 Å². The Hall–Kier alpha value is 1.21. The van der Waals surface area contributed by atoms with Crippen LogP contribution < -0.4 is 0 Å². The SMILES string of the molecule is C1CCOC1.CCCCCCCCCCC(CCCCCCCC)C[CH2][Mg][Br]. The molecule has 0 aromatic carbocycles. The molecular weight excluding hydrogens is 420 g/mol. The van der Waals surface area contributed by atoms with E-state index in [0.29, 0.717) is 0 Å². The summed E-state index contributed by atoms with van der Waals surface area (Å²) >= 11 is 3.85. The quantitative estimate of drug-likeness (QED) is 0.135. The van der Waals surface area contributed by atoms with Gasteiger partial charge in [0, 0.05) is 13.2 Å². The average molecular weight is 472 g/mol. The first-order valence-electron chi connectivity index (χ1n) is 13.0. The van der Waals surface area contributed by atoms with Gasteiger partial charge in [-0.3, -0.25) is 0 Å². The van der Waals surface area contributed by atoms with Gasteiger partial charge in [-0.25, -0.2) is 0 Å². The van der Waals surface area contributed by atoms with Crippen molar-refractivity contribution in [2.75, 3.05) is 13.2 Å². The van der Waals surface area contributed by atoms with Crippen molar-refractivity contribution in [2.45, 2.75) is 140 Å². The Morgan fingerprint density at radius 3 is 1.43 bits per heavy atom. The highest BCUT2D eigenvalue weighted by Crippen LogP contribution is 2.23. The van der Waals surface area contributed by atoms with Crippen LogP contribution in [0.5, 0.6) is 0 Å². The van der Waals surface area contributed by atoms with Crippen LogP contribution in [0.4, 0.5) is 0 Å². The summed E-state index contributed by atoms with van der Waals surface area (Å²) in [5, 5.41) is 0. The summed E-state index contributed by atoms with van der Waals surface area (Å²) < 4.78 is 6.46. The van der Waals surface area contributed by atoms with Gasteiger partial charge in [0.1, 0.15) is 0 Å². The van der Waals surface area contributed by atoms with Crippen LogP contribution >= 0.6 is 12.9 Å². The lowest BCUT2D eigenvalue weighted by Gasteiger charge is -2.16. The second-order valence-corrected chi connectivity index (χ2v) is 12.3. The highest BCUT2D eigenvalue weighted by molar-refractivity contribution is 9.23. The fourth-order valence-electron chi connectivity index (χ4n) is 4.09. The van der Waals surface area contributed by atoms with Gasteiger partial charge in [0.05, 0.1) is 0 Å². The minimum Gasteiger partial charge on any atom is -0.381 e. The third-order valence-electron chi connectivity index (χ3n) is 6.01. The molecule has 0 radical (unpaired) electrons. The zero-order chi connectivity index (χ0) is 20.5. The average Bonchev–Trinajstić information content (AvgIpc) is 3.30. The van der Waals surface area contributed by atoms with E-state index >= 15 is 0 Å². The highest BCUT2D eigenvalue weighted by Gasteiger charge is 2.08. The van der Waals surface area contributed by atoms with Crippen LogP contribution in [0.2, 0.25) is 4.55 Å². The van der Waals surface area contributed by atoms with E-state index in [9.17, 15) is 0 Å². The first-order valence-corrected chi connectivity index (χ1v) is 17.9. The molecule has 1 fully saturated rings. The molecule has 28 heavy (non-hydrogen) atoms. The van der Waals surface area contributed by atoms with Crippen LogP contribution in [0.1, 0.15) is 136 Å². The molecule has 0 aliphatic carbocycles. The van der Waals surface area contributed by atoms with Crippen molar-refractivity contribution in [1.82, 2.24) is 0 Å². The molecule has 0 N–H and O–H groups in total. The lowest BCUT2D eigenvalue weighted by molar-refractivity contribution is 0.198. The molecule has 1 saturated heterocycles. The summed E-state index contributed by atoms with van der Waals surface area (Å²) in [6.45, 7) is 6.61. The van der Waals surface area contributed by atoms with Crippen LogP contribution in [0, 0.1) is 5.92 Å². The summed E-state index contributed by atoms with van der Waals surface area (Å²) in [4.78, 5) is 0. The van der Waals surface area contributed by atoms with Crippen molar-refractivity contribution in [2.24, 2.45) is 5.92 Å². The van der Waals surface area contributed by atoms with Gasteiger partial charge in [0.25, 0.3) is 0 Å². The molecule has 1 heterocycles. The first-order chi connectivity index (χ1) is 13.8. The summed E-state index contributed by atoms with van der Waals surface area (Å²) in [6, 6.07) is 0. The van der Waals surface area contributed by atoms with Gasteiger partial charge in [-0.2, -0.15) is 0 Å². The molecule has 0 spiro atoms. The zero-order valence-corrected chi connectivity index (χ0v) is 22.6. The van der Waals surface area contributed by atoms with Crippen LogP contribution in [0.15, 0.2) is 0 Å². The molecule has 1 rings (SSSR count). The van der Waals surface area contributed by atoms with E-state index in [-0.39, 0.29) is 18.2 Å². The molecule has 3 heteroatoms. The minimum atomic E-state index is 0.0989. The molecule has 0 amide bonds. The lowest BCUT2D eigenvalue weighted by atomic mass is 9.92. The minimum absolute atomic E-state index is 0.0989. The Labute approximate surface area is 194 Å². The van der Waals surface area contributed by atoms with Crippen molar-refractivity contribution in [1.29, 1.82) is 0 Å². The third-order valence-corrected chi connectivity index (χ3v) is 8.36. The van der Waals surface area contributed by atoms with Gasteiger partial charge in [-0.05, 0) is 18.8 Å². The van der Waals surface area contributed by atoms with Crippen molar-refractivity contribution >= 4 is 31.1 Å². The Morgan fingerprint density at radius 1 is 0.643 bits per heavy atom. The van der Waals surface area contributed by atoms with E-state index < -0.39 is 0 Å². The maximum Gasteiger partial charge on any atom is 0.468 e. The number of hydrogen-bond donors (Lipinski definition) is 0. The van der Waals surface area contributed by atoms with E-state index in [1.54, 1.807) is 0 Å². The highest BCUT2D eigenvalue weighted by atomic mass is 79.9. The van der Waals surface area contributed by atoms with Crippen molar-refractivity contribution in [3.63, 3.8) is 0 Å². The molecule has 1 aliphatic heterocycles. The molecule has 0 saturated carbocycles. The Bertz CT molecular complexity index is 264. The molecule has 1 atom stereocenters. The van der Waals surface area contributed by atoms with Gasteiger partial charge in [-0.1, -0.05) is 123 Å². The van der Waals surface area contributed by atoms with E-state index in [1.807, 2.05) is 0 Å². The van der Waals surface area contributed by atoms with E-state index in [1.165, 1.54) is 127 Å². The first kappa shape index (κ1) is 29.2. The van der Waals surface area contributed by atoms with Crippen molar-refractivity contribution in [3.05, 3.63) is 0 Å². The molecule has 1 nitrogen and oxygen atoms in total. The monoisotopic (exact) mass is 470 g/mol. The predicted octanol–water partition coefficient (Wildman–Crippen LogP) is 9.50. The Balaban J connectivity index is 0.00000125. The maximum absolute atomic E-state index is 4.94. The Kier molecular flexibility index (Phi) is 27.4. The molecule has 166 valence electrons. The van der Waals surface area contributed by atoms with Crippen LogP contribution in [0.25, 0.3) is 0 Å². The number of unbranched alkanes of at least 4 members (excludes halogenated alkanes) is 12. The molecule has 0 aromatic rings. The van der Waals surface area contributed by atoms with Gasteiger partial charge < -0.3 is 17.6 Å². The lowest BCUT2D eigenvalue weighted by Crippen LogP contribution is -2.02. The second-order valence-electron chi connectivity index (χ2n) is 8.84. The van der Waals surface area contributed by atoms with E-state index in [2.05, 4.69) is 26.7 Å². The third kappa shape index (κ3) is 23.5. The van der Waals surface area contributed by atoms with Gasteiger partial charge in [0.2, 0.25) is 0 Å². The molecular formula is C25H51BrMgO. The molecule has 0 aromatic heterocycles. The topological polar surface area (TPSA) is 9.23 Å². The summed E-state index contributed by atoms with van der Waals surface area (Å²) in [5.74, 6) is 1.05. The fraction of sp³-hybridized carbons (Fsp3) is 1.00. The summed E-state index contributed by atoms with van der Waals surface area (Å²) in [5.41, 5.74) is 0. The zero-order valence-electron chi connectivity index (χ0n) is 19.6. The van der Waals surface area contributed by atoms with Gasteiger partial charge in [-0.15, -0.1) is 4.55 Å². The number of halogens is 1. The largest absolute Gasteiger partial charge is 0.468 e. The smallest absolute Gasteiger partial charge is 0.381 e. The molecule has 1 aliphatic rings. The standard InChI is InChI=1S/C21H43.C4H8O.BrH.Mg/c1-4-7-9-11-13-14-16-18-20-21(6-3)19-17-15-12-10-8-5-2;1-2-4-5-3-1;;/h21H,3-20H2,1-2H3;1-4H2;1H;/q;;;+1/p-1. The van der Waals surface area contributed by atoms with Gasteiger partial charge in [0.15, 0.2) is 0 Å². The summed E-state index contributed by atoms with van der Waals surface area (Å²) in [6.07, 6.45) is 27.6. The van der Waals surface area contributed by atoms with Crippen LogP contribution in [-0.4, -0.2) is 31.4 Å². The van der Waals surface area contributed by atoms with Gasteiger partial charge >= 0.3 is 18.2 Å². The number of hydrogen-bond acceptors (Lipinski definition) is 1. The predicted molar refractivity (Wildman–Crippen MR) is 133 cm³/mol. The van der Waals surface area contributed by atoms with E-state index in [0.717, 1.165) is 19.1 Å². The number of rotatable bonds is 19. The molecule has 0 bridgehead atoms. The summed E-state index contributed by atoms with van der Waals surface area (Å²) in [7, 11) is 0. The molecule has 1 unspecified atom stereocenters. The van der Waals surface area contributed by atoms with Crippen molar-refractivity contribution < 1.29 is 4.74 Å². The number of ether oxygens (including phenoxy) is 1. The van der Waals surface area contributed by atoms with Crippen LogP contribution in [0.3, 0.4) is 0 Å². The Morgan fingerprint density at radius 2 is 1.07 bits per heavy atom. The fourth-order valence-corrected chi connectivity index (χ4v) is 5.79. The normalized spacial score (nSPS) is 14.4. The van der Waals surface area contributed by atoms with Crippen LogP contribution in [-0.2, 0) is 4.74 Å².